The van der Waals surface area contributed by atoms with Crippen LogP contribution in [0.4, 0.5) is 4.79 Å². The molecule has 0 aromatic rings. The number of nitrogens with zero attached hydrogens (tertiary/aromatic N) is 2. The Kier molecular flexibility index (Phi) is 4.13. The molecule has 0 aromatic carbocycles. The Morgan fingerprint density at radius 1 is 1.15 bits per heavy atom. The molecule has 2 saturated heterocycles. The summed E-state index contributed by atoms with van der Waals surface area (Å²) in [6, 6.07) is -0.159. The van der Waals surface area contributed by atoms with Crippen LogP contribution in [0.15, 0.2) is 0 Å². The van der Waals surface area contributed by atoms with Crippen molar-refractivity contribution in [1.82, 2.24) is 15.1 Å². The van der Waals surface area contributed by atoms with Crippen LogP contribution in [0, 0.1) is 16.7 Å². The van der Waals surface area contributed by atoms with E-state index >= 15 is 0 Å². The smallest absolute Gasteiger partial charge is 0.325 e. The van der Waals surface area contributed by atoms with E-state index in [1.54, 1.807) is 0 Å². The largest absolute Gasteiger partial charge is 0.338 e. The highest BCUT2D eigenvalue weighted by Gasteiger charge is 2.54. The fraction of sp³-hybridized carbons (Fsp3) is 0.857. The van der Waals surface area contributed by atoms with Gasteiger partial charge in [-0.25, -0.2) is 4.79 Å². The minimum Gasteiger partial charge on any atom is -0.338 e. The lowest BCUT2D eigenvalue weighted by Crippen LogP contribution is -2.50. The summed E-state index contributed by atoms with van der Waals surface area (Å²) < 4.78 is 0. The van der Waals surface area contributed by atoms with Gasteiger partial charge in [-0.3, -0.25) is 14.5 Å². The number of rotatable bonds is 2. The Hall–Kier alpha value is -1.59. The van der Waals surface area contributed by atoms with Crippen molar-refractivity contribution in [3.05, 3.63) is 0 Å². The van der Waals surface area contributed by atoms with Gasteiger partial charge in [-0.05, 0) is 61.7 Å². The summed E-state index contributed by atoms with van der Waals surface area (Å²) in [5.41, 5.74) is -0.380. The average molecular weight is 376 g/mol. The van der Waals surface area contributed by atoms with Gasteiger partial charge < -0.3 is 10.2 Å². The van der Waals surface area contributed by atoms with Crippen LogP contribution in [0.25, 0.3) is 0 Å². The molecule has 4 rings (SSSR count). The number of nitrogens with one attached hydrogen (secondary N) is 1. The van der Waals surface area contributed by atoms with Gasteiger partial charge in [0.15, 0.2) is 0 Å². The van der Waals surface area contributed by atoms with Gasteiger partial charge in [-0.1, -0.05) is 27.7 Å². The minimum atomic E-state index is -0.765. The average Bonchev–Trinajstić information content (AvgIpc) is 2.94. The van der Waals surface area contributed by atoms with Gasteiger partial charge in [0.1, 0.15) is 12.1 Å². The van der Waals surface area contributed by atoms with Gasteiger partial charge in [0.25, 0.3) is 5.91 Å². The number of likely N-dealkylation sites (tertiary alicyclic amines) is 1. The van der Waals surface area contributed by atoms with Gasteiger partial charge in [0, 0.05) is 12.6 Å². The number of amides is 4. The molecule has 2 saturated carbocycles. The van der Waals surface area contributed by atoms with Crippen LogP contribution in [-0.2, 0) is 9.59 Å². The fourth-order valence-corrected chi connectivity index (χ4v) is 6.39. The Morgan fingerprint density at radius 3 is 2.48 bits per heavy atom. The van der Waals surface area contributed by atoms with Gasteiger partial charge in [0.05, 0.1) is 0 Å². The molecule has 4 amide bonds. The van der Waals surface area contributed by atoms with Gasteiger partial charge >= 0.3 is 6.03 Å². The number of imide groups is 1. The summed E-state index contributed by atoms with van der Waals surface area (Å²) in [5, 5.41) is 2.92. The standard InChI is InChI=1S/C21H33N3O3/c1-14-5-7-21(8-6-14)17(26)23(18(27)22-21)11-16(25)24-13-20(4)10-15(24)9-19(2,3)12-20/h14-15H,5-13H2,1-4H3,(H,22,27)/t14?,15-,20-,21?/m0/s1. The molecule has 0 unspecified atom stereocenters. The highest BCUT2D eigenvalue weighted by atomic mass is 16.2. The first-order valence-corrected chi connectivity index (χ1v) is 10.5. The Labute approximate surface area is 162 Å². The second kappa shape index (κ2) is 5.95. The van der Waals surface area contributed by atoms with Gasteiger partial charge in [-0.15, -0.1) is 0 Å². The van der Waals surface area contributed by atoms with Crippen LogP contribution in [0.3, 0.4) is 0 Å². The second-order valence-electron chi connectivity index (χ2n) is 10.8. The number of hydrogen-bond donors (Lipinski definition) is 1. The van der Waals surface area contributed by atoms with Crippen molar-refractivity contribution >= 4 is 17.8 Å². The quantitative estimate of drug-likeness (QED) is 0.755. The zero-order valence-corrected chi connectivity index (χ0v) is 17.1. The van der Waals surface area contributed by atoms with E-state index in [0.29, 0.717) is 18.8 Å². The lowest BCUT2D eigenvalue weighted by atomic mass is 9.65. The number of fused-ring (bicyclic) bond motifs is 2. The van der Waals surface area contributed by atoms with Crippen molar-refractivity contribution in [1.29, 1.82) is 0 Å². The number of urea groups is 1. The molecule has 0 aromatic heterocycles. The number of hydrogen-bond acceptors (Lipinski definition) is 3. The van der Waals surface area contributed by atoms with Gasteiger partial charge in [-0.2, -0.15) is 0 Å². The van der Waals surface area contributed by atoms with Crippen molar-refractivity contribution in [2.75, 3.05) is 13.1 Å². The zero-order chi connectivity index (χ0) is 19.6. The van der Waals surface area contributed by atoms with E-state index in [4.69, 9.17) is 0 Å². The summed E-state index contributed by atoms with van der Waals surface area (Å²) in [4.78, 5) is 41.7. The summed E-state index contributed by atoms with van der Waals surface area (Å²) in [7, 11) is 0. The third-order valence-corrected chi connectivity index (χ3v) is 7.40. The predicted octanol–water partition coefficient (Wildman–Crippen LogP) is 2.91. The molecule has 0 radical (unpaired) electrons. The molecule has 6 nitrogen and oxygen atoms in total. The van der Waals surface area contributed by atoms with Crippen LogP contribution < -0.4 is 5.32 Å². The summed E-state index contributed by atoms with van der Waals surface area (Å²) >= 11 is 0. The molecular weight excluding hydrogens is 342 g/mol. The highest BCUT2D eigenvalue weighted by molar-refractivity contribution is 6.09. The van der Waals surface area contributed by atoms with E-state index in [-0.39, 0.29) is 35.2 Å². The molecule has 150 valence electrons. The normalized spacial score (nSPS) is 37.0. The molecule has 2 aliphatic carbocycles. The van der Waals surface area contributed by atoms with E-state index in [0.717, 1.165) is 38.6 Å². The van der Waals surface area contributed by atoms with Gasteiger partial charge in [0.2, 0.25) is 5.91 Å². The molecule has 1 N–H and O–H groups in total. The van der Waals surface area contributed by atoms with E-state index in [1.165, 1.54) is 4.90 Å². The number of carbonyl (C=O) groups is 3. The molecule has 4 fully saturated rings. The van der Waals surface area contributed by atoms with E-state index < -0.39 is 11.6 Å². The zero-order valence-electron chi connectivity index (χ0n) is 17.1. The molecule has 2 heterocycles. The maximum atomic E-state index is 13.1. The molecule has 6 heteroatoms. The molecular formula is C21H33N3O3. The van der Waals surface area contributed by atoms with Crippen LogP contribution in [0.2, 0.25) is 0 Å². The Morgan fingerprint density at radius 2 is 1.81 bits per heavy atom. The first-order valence-electron chi connectivity index (χ1n) is 10.5. The molecule has 4 aliphatic rings. The van der Waals surface area contributed by atoms with Crippen LogP contribution in [-0.4, -0.2) is 52.3 Å². The third kappa shape index (κ3) is 3.15. The van der Waals surface area contributed by atoms with E-state index in [9.17, 15) is 14.4 Å². The molecule has 2 atom stereocenters. The molecule has 2 bridgehead atoms. The monoisotopic (exact) mass is 375 g/mol. The van der Waals surface area contributed by atoms with Crippen LogP contribution in [0.1, 0.15) is 72.6 Å². The van der Waals surface area contributed by atoms with Crippen molar-refractivity contribution in [3.8, 4) is 0 Å². The highest BCUT2D eigenvalue weighted by Crippen LogP contribution is 2.52. The first-order chi connectivity index (χ1) is 12.5. The van der Waals surface area contributed by atoms with Crippen molar-refractivity contribution in [2.45, 2.75) is 84.2 Å². The topological polar surface area (TPSA) is 69.7 Å². The summed E-state index contributed by atoms with van der Waals surface area (Å²) in [6.07, 6.45) is 6.39. The molecule has 1 spiro atoms. The first kappa shape index (κ1) is 18.8. The third-order valence-electron chi connectivity index (χ3n) is 7.40. The minimum absolute atomic E-state index is 0.0776. The van der Waals surface area contributed by atoms with Crippen molar-refractivity contribution in [3.63, 3.8) is 0 Å². The summed E-state index contributed by atoms with van der Waals surface area (Å²) in [6.45, 7) is 9.62. The van der Waals surface area contributed by atoms with Crippen LogP contribution in [0.5, 0.6) is 0 Å². The Balaban J connectivity index is 1.46. The molecule has 2 aliphatic heterocycles. The number of carbonyl (C=O) groups excluding carboxylic acids is 3. The lowest BCUT2D eigenvalue weighted by molar-refractivity contribution is -0.140. The van der Waals surface area contributed by atoms with Crippen LogP contribution >= 0.6 is 0 Å². The van der Waals surface area contributed by atoms with Crippen molar-refractivity contribution < 1.29 is 14.4 Å². The lowest BCUT2D eigenvalue weighted by Gasteiger charge is -2.39. The van der Waals surface area contributed by atoms with E-state index in [1.807, 2.05) is 4.90 Å². The fourth-order valence-electron chi connectivity index (χ4n) is 6.39. The maximum absolute atomic E-state index is 13.1. The SMILES string of the molecule is CC1CCC2(CC1)NC(=O)N(CC(=O)N1C[C@@]3(C)C[C@@H]1CC(C)(C)C3)C2=O. The second-order valence-corrected chi connectivity index (χ2v) is 10.8. The molecule has 27 heavy (non-hydrogen) atoms. The van der Waals surface area contributed by atoms with E-state index in [2.05, 4.69) is 33.0 Å². The predicted molar refractivity (Wildman–Crippen MR) is 102 cm³/mol. The summed E-state index contributed by atoms with van der Waals surface area (Å²) in [5.74, 6) is 0.316. The maximum Gasteiger partial charge on any atom is 0.325 e. The van der Waals surface area contributed by atoms with Crippen molar-refractivity contribution in [2.24, 2.45) is 16.7 Å². The Bertz CT molecular complexity index is 680.